The van der Waals surface area contributed by atoms with Crippen LogP contribution in [0.1, 0.15) is 17.5 Å². The highest BCUT2D eigenvalue weighted by Gasteiger charge is 2.31. The number of ether oxygens (including phenoxy) is 1. The van der Waals surface area contributed by atoms with Gasteiger partial charge in [-0.1, -0.05) is 42.1 Å². The van der Waals surface area contributed by atoms with Gasteiger partial charge in [0.05, 0.1) is 11.9 Å². The molecule has 39 heavy (non-hydrogen) atoms. The highest BCUT2D eigenvalue weighted by molar-refractivity contribution is 8.14. The van der Waals surface area contributed by atoms with Crippen molar-refractivity contribution in [1.82, 2.24) is 0 Å². The third-order valence-corrected chi connectivity index (χ3v) is 6.28. The summed E-state index contributed by atoms with van der Waals surface area (Å²) in [7, 11) is 0. The predicted molar refractivity (Wildman–Crippen MR) is 144 cm³/mol. The number of hydrogen-bond donors (Lipinski definition) is 1. The van der Waals surface area contributed by atoms with E-state index in [0.717, 1.165) is 24.3 Å². The van der Waals surface area contributed by atoms with Gasteiger partial charge in [-0.3, -0.25) is 0 Å². The fourth-order valence-corrected chi connectivity index (χ4v) is 4.35. The number of amidine groups is 2. The number of thioether (sulfide) groups is 1. The normalized spacial score (nSPS) is 16.0. The number of nitrogens with two attached hydrogens (primary N) is 1. The molecule has 4 rings (SSSR count). The molecule has 0 atom stereocenters. The Bertz CT molecular complexity index is 1390. The molecule has 2 N–H and O–H groups in total. The van der Waals surface area contributed by atoms with E-state index in [-0.39, 0.29) is 17.3 Å². The number of anilines is 1. The molecular weight excluding hydrogens is 539 g/mol. The Morgan fingerprint density at radius 2 is 1.67 bits per heavy atom. The molecule has 0 unspecified atom stereocenters. The van der Waals surface area contributed by atoms with E-state index >= 15 is 0 Å². The van der Waals surface area contributed by atoms with Crippen LogP contribution in [0.3, 0.4) is 0 Å². The Hall–Kier alpha value is -4.26. The molecule has 3 aromatic rings. The van der Waals surface area contributed by atoms with Gasteiger partial charge >= 0.3 is 6.36 Å². The van der Waals surface area contributed by atoms with E-state index in [4.69, 9.17) is 5.73 Å². The van der Waals surface area contributed by atoms with Gasteiger partial charge in [-0.05, 0) is 48.4 Å². The molecule has 1 saturated heterocycles. The third-order valence-electron chi connectivity index (χ3n) is 5.23. The standard InChI is InChI=1S/C26H21F5N6OS/c27-21-3-1-4-22(28)23(21)37-13-2-14-39-25(37)36-35-15-17-5-7-18(8-6-17)24(32)34-16-33-19-9-11-20(12-10-19)38-26(29,30)31/h1,3-12,15-16H,2,13-14H2,(H2,32,33,34)/b35-15+,36-25-. The average molecular weight is 561 g/mol. The van der Waals surface area contributed by atoms with Crippen molar-refractivity contribution in [2.24, 2.45) is 25.9 Å². The minimum atomic E-state index is -4.77. The number of hydrogen-bond acceptors (Lipinski definition) is 5. The van der Waals surface area contributed by atoms with Gasteiger partial charge < -0.3 is 15.4 Å². The zero-order valence-electron chi connectivity index (χ0n) is 20.1. The fraction of sp³-hybridized carbons (Fsp3) is 0.154. The van der Waals surface area contributed by atoms with Crippen LogP contribution in [-0.2, 0) is 0 Å². The molecule has 1 fully saturated rings. The van der Waals surface area contributed by atoms with Gasteiger partial charge in [0.1, 0.15) is 35.2 Å². The quantitative estimate of drug-likeness (QED) is 0.160. The monoisotopic (exact) mass is 560 g/mol. The van der Waals surface area contributed by atoms with Crippen LogP contribution in [-0.4, -0.2) is 42.2 Å². The van der Waals surface area contributed by atoms with Crippen LogP contribution in [0.15, 0.2) is 86.9 Å². The zero-order chi connectivity index (χ0) is 27.8. The lowest BCUT2D eigenvalue weighted by Gasteiger charge is -2.29. The molecule has 3 aromatic carbocycles. The van der Waals surface area contributed by atoms with Crippen molar-refractivity contribution in [2.45, 2.75) is 12.8 Å². The van der Waals surface area contributed by atoms with Crippen molar-refractivity contribution < 1.29 is 26.7 Å². The molecule has 1 heterocycles. The molecule has 1 aliphatic rings. The van der Waals surface area contributed by atoms with Gasteiger partial charge in [0.2, 0.25) is 0 Å². The molecule has 0 amide bonds. The van der Waals surface area contributed by atoms with Crippen LogP contribution in [0.25, 0.3) is 0 Å². The van der Waals surface area contributed by atoms with Crippen LogP contribution >= 0.6 is 11.8 Å². The molecule has 7 nitrogen and oxygen atoms in total. The van der Waals surface area contributed by atoms with Gasteiger partial charge in [-0.15, -0.1) is 18.3 Å². The first-order valence-corrected chi connectivity index (χ1v) is 12.5. The molecule has 1 aliphatic heterocycles. The summed E-state index contributed by atoms with van der Waals surface area (Å²) in [6, 6.07) is 15.6. The van der Waals surface area contributed by atoms with Gasteiger partial charge in [0.15, 0.2) is 5.17 Å². The van der Waals surface area contributed by atoms with Gasteiger partial charge in [0.25, 0.3) is 0 Å². The zero-order valence-corrected chi connectivity index (χ0v) is 21.0. The lowest BCUT2D eigenvalue weighted by molar-refractivity contribution is -0.274. The molecular formula is C26H21F5N6OS. The smallest absolute Gasteiger partial charge is 0.406 e. The summed E-state index contributed by atoms with van der Waals surface area (Å²) >= 11 is 1.37. The second-order valence-corrected chi connectivity index (χ2v) is 9.04. The van der Waals surface area contributed by atoms with E-state index in [0.29, 0.717) is 28.5 Å². The predicted octanol–water partition coefficient (Wildman–Crippen LogP) is 6.26. The van der Waals surface area contributed by atoms with E-state index < -0.39 is 18.0 Å². The third kappa shape index (κ3) is 7.87. The van der Waals surface area contributed by atoms with Crippen LogP contribution in [0.4, 0.5) is 33.3 Å². The van der Waals surface area contributed by atoms with Gasteiger partial charge in [-0.2, -0.15) is 5.10 Å². The van der Waals surface area contributed by atoms with Crippen molar-refractivity contribution in [1.29, 1.82) is 0 Å². The number of rotatable bonds is 7. The van der Waals surface area contributed by atoms with Crippen molar-refractivity contribution in [3.63, 3.8) is 0 Å². The number of nitrogens with zero attached hydrogens (tertiary/aromatic N) is 5. The molecule has 0 bridgehead atoms. The lowest BCUT2D eigenvalue weighted by Crippen LogP contribution is -2.35. The van der Waals surface area contributed by atoms with Crippen LogP contribution in [0, 0.1) is 11.6 Å². The largest absolute Gasteiger partial charge is 0.573 e. The fourth-order valence-electron chi connectivity index (χ4n) is 3.45. The van der Waals surface area contributed by atoms with Crippen molar-refractivity contribution in [2.75, 3.05) is 17.2 Å². The maximum absolute atomic E-state index is 14.3. The van der Waals surface area contributed by atoms with Crippen LogP contribution in [0.2, 0.25) is 0 Å². The van der Waals surface area contributed by atoms with Crippen molar-refractivity contribution in [3.8, 4) is 5.75 Å². The Balaban J connectivity index is 1.38. The number of halogens is 5. The summed E-state index contributed by atoms with van der Waals surface area (Å²) in [6.07, 6.45) is -1.33. The molecule has 0 aromatic heterocycles. The first kappa shape index (κ1) is 27.8. The van der Waals surface area contributed by atoms with Crippen LogP contribution in [0.5, 0.6) is 5.75 Å². The number of aliphatic imine (C=N–C) groups is 2. The maximum Gasteiger partial charge on any atom is 0.573 e. The van der Waals surface area contributed by atoms with E-state index in [1.807, 2.05) is 0 Å². The Morgan fingerprint density at radius 3 is 2.33 bits per heavy atom. The lowest BCUT2D eigenvalue weighted by atomic mass is 10.1. The minimum absolute atomic E-state index is 0.145. The molecule has 0 saturated carbocycles. The molecule has 0 spiro atoms. The van der Waals surface area contributed by atoms with E-state index in [1.165, 1.54) is 59.5 Å². The second-order valence-electron chi connectivity index (χ2n) is 7.97. The summed E-state index contributed by atoms with van der Waals surface area (Å²) in [5.74, 6) is -0.756. The van der Waals surface area contributed by atoms with E-state index in [9.17, 15) is 22.0 Å². The average Bonchev–Trinajstić information content (AvgIpc) is 2.90. The summed E-state index contributed by atoms with van der Waals surface area (Å²) in [5.41, 5.74) is 7.51. The first-order valence-electron chi connectivity index (χ1n) is 11.5. The number of alkyl halides is 3. The van der Waals surface area contributed by atoms with Crippen molar-refractivity contribution >= 4 is 46.7 Å². The SMILES string of the molecule is NC(=NC=Nc1ccc(OC(F)(F)F)cc1)c1ccc(/C=N/N=C2\SCCCN2c2c(F)cccc2F)cc1. The summed E-state index contributed by atoms with van der Waals surface area (Å²) < 4.78 is 69.1. The number of benzene rings is 3. The molecule has 0 radical (unpaired) electrons. The molecule has 202 valence electrons. The van der Waals surface area contributed by atoms with E-state index in [1.54, 1.807) is 24.3 Å². The van der Waals surface area contributed by atoms with E-state index in [2.05, 4.69) is 24.9 Å². The first-order chi connectivity index (χ1) is 18.7. The second kappa shape index (κ2) is 12.5. The highest BCUT2D eigenvalue weighted by Crippen LogP contribution is 2.30. The maximum atomic E-state index is 14.3. The topological polar surface area (TPSA) is 87.9 Å². The summed E-state index contributed by atoms with van der Waals surface area (Å²) in [6.45, 7) is 0.424. The Kier molecular flexibility index (Phi) is 8.92. The summed E-state index contributed by atoms with van der Waals surface area (Å²) in [4.78, 5) is 9.56. The summed E-state index contributed by atoms with van der Waals surface area (Å²) in [5, 5.41) is 8.67. The van der Waals surface area contributed by atoms with Gasteiger partial charge in [-0.25, -0.2) is 18.8 Å². The highest BCUT2D eigenvalue weighted by atomic mass is 32.2. The van der Waals surface area contributed by atoms with Crippen molar-refractivity contribution in [3.05, 3.63) is 89.5 Å². The Morgan fingerprint density at radius 1 is 0.974 bits per heavy atom. The van der Waals surface area contributed by atoms with Gasteiger partial charge in [0, 0.05) is 17.9 Å². The molecule has 0 aliphatic carbocycles. The number of para-hydroxylation sites is 1. The minimum Gasteiger partial charge on any atom is -0.406 e. The van der Waals surface area contributed by atoms with Crippen LogP contribution < -0.4 is 15.4 Å². The molecule has 13 heteroatoms. The Labute approximate surface area is 224 Å².